The van der Waals surface area contributed by atoms with Gasteiger partial charge >= 0.3 is 0 Å². The molecule has 2 saturated heterocycles. The first kappa shape index (κ1) is 22.6. The minimum absolute atomic E-state index is 0.157. The minimum Gasteiger partial charge on any atom is -0.362 e. The molecule has 1 aromatic rings. The van der Waals surface area contributed by atoms with Gasteiger partial charge in [-0.1, -0.05) is 37.8 Å². The van der Waals surface area contributed by atoms with Gasteiger partial charge in [0.15, 0.2) is 9.84 Å². The maximum absolute atomic E-state index is 16.1. The van der Waals surface area contributed by atoms with E-state index in [2.05, 4.69) is 5.32 Å². The van der Waals surface area contributed by atoms with E-state index in [0.29, 0.717) is 5.25 Å². The Morgan fingerprint density at radius 3 is 2.43 bits per heavy atom. The Morgan fingerprint density at radius 1 is 1.13 bits per heavy atom. The number of ether oxygens (including phenoxy) is 1. The summed E-state index contributed by atoms with van der Waals surface area (Å²) in [5.41, 5.74) is 0.456. The van der Waals surface area contributed by atoms with Crippen molar-refractivity contribution in [3.05, 3.63) is 29.8 Å². The Labute approximate surface area is 184 Å². The van der Waals surface area contributed by atoms with Crippen LogP contribution in [0.15, 0.2) is 29.2 Å². The van der Waals surface area contributed by atoms with E-state index in [1.807, 2.05) is 11.8 Å². The average molecular weight is 456 g/mol. The fraction of sp³-hybridized carbons (Fsp3) is 0.739. The van der Waals surface area contributed by atoms with Gasteiger partial charge in [0.25, 0.3) is 0 Å². The minimum atomic E-state index is -3.27. The lowest BCUT2D eigenvalue weighted by atomic mass is 9.67. The summed E-state index contributed by atoms with van der Waals surface area (Å²) < 4.78 is 46.0. The van der Waals surface area contributed by atoms with Crippen LogP contribution >= 0.6 is 11.8 Å². The van der Waals surface area contributed by atoms with E-state index in [0.717, 1.165) is 44.3 Å². The molecule has 3 fully saturated rings. The molecule has 4 unspecified atom stereocenters. The van der Waals surface area contributed by atoms with E-state index in [4.69, 9.17) is 4.74 Å². The van der Waals surface area contributed by atoms with Gasteiger partial charge in [-0.25, -0.2) is 12.8 Å². The summed E-state index contributed by atoms with van der Waals surface area (Å²) in [6.45, 7) is 0.717. The highest BCUT2D eigenvalue weighted by Gasteiger charge is 2.49. The monoisotopic (exact) mass is 455 g/mol. The maximum Gasteiger partial charge on any atom is 0.175 e. The molecule has 1 N–H and O–H groups in total. The van der Waals surface area contributed by atoms with Crippen molar-refractivity contribution in [2.75, 3.05) is 18.6 Å². The molecule has 4 rings (SSSR count). The number of hydrogen-bond acceptors (Lipinski definition) is 5. The predicted molar refractivity (Wildman–Crippen MR) is 120 cm³/mol. The van der Waals surface area contributed by atoms with E-state index in [1.165, 1.54) is 37.7 Å². The second-order valence-corrected chi connectivity index (χ2v) is 12.7. The van der Waals surface area contributed by atoms with Crippen LogP contribution in [-0.2, 0) is 14.6 Å². The molecule has 30 heavy (non-hydrogen) atoms. The molecule has 1 aliphatic carbocycles. The van der Waals surface area contributed by atoms with Crippen LogP contribution in [0.2, 0.25) is 0 Å². The highest BCUT2D eigenvalue weighted by Crippen LogP contribution is 2.50. The largest absolute Gasteiger partial charge is 0.362 e. The molecular formula is C23H34FNO3S2. The van der Waals surface area contributed by atoms with Gasteiger partial charge < -0.3 is 4.74 Å². The average Bonchev–Trinajstić information content (AvgIpc) is 3.14. The number of nitrogens with one attached hydrogen (secondary N) is 1. The van der Waals surface area contributed by atoms with E-state index in [1.54, 1.807) is 24.3 Å². The Hall–Kier alpha value is -0.630. The molecule has 1 spiro atoms. The van der Waals surface area contributed by atoms with Crippen LogP contribution in [0.1, 0.15) is 69.4 Å². The molecule has 7 heteroatoms. The summed E-state index contributed by atoms with van der Waals surface area (Å²) in [5, 5.41) is 3.99. The molecule has 1 saturated carbocycles. The molecule has 0 bridgehead atoms. The molecule has 2 aliphatic heterocycles. The van der Waals surface area contributed by atoms with Gasteiger partial charge in [0.2, 0.25) is 0 Å². The SMILES string of the molecule is CS(=O)(=O)c1ccc(C2NC(OCC3CCCS3)CC3(CCCCCC3)C2F)cc1. The van der Waals surface area contributed by atoms with Gasteiger partial charge in [-0.2, -0.15) is 11.8 Å². The van der Waals surface area contributed by atoms with Gasteiger partial charge in [0, 0.05) is 16.9 Å². The van der Waals surface area contributed by atoms with Crippen molar-refractivity contribution in [1.82, 2.24) is 5.32 Å². The van der Waals surface area contributed by atoms with Crippen LogP contribution in [0.25, 0.3) is 0 Å². The molecule has 168 valence electrons. The topological polar surface area (TPSA) is 55.4 Å². The van der Waals surface area contributed by atoms with Crippen LogP contribution in [0, 0.1) is 5.41 Å². The molecule has 0 aromatic heterocycles. The summed E-state index contributed by atoms with van der Waals surface area (Å²) in [6, 6.07) is 6.25. The fourth-order valence-corrected chi connectivity index (χ4v) is 7.19. The van der Waals surface area contributed by atoms with Crippen molar-refractivity contribution >= 4 is 21.6 Å². The smallest absolute Gasteiger partial charge is 0.175 e. The summed E-state index contributed by atoms with van der Waals surface area (Å²) in [7, 11) is -3.27. The Kier molecular flexibility index (Phi) is 7.12. The quantitative estimate of drug-likeness (QED) is 0.674. The third-order valence-electron chi connectivity index (χ3n) is 7.11. The number of sulfone groups is 1. The van der Waals surface area contributed by atoms with Crippen molar-refractivity contribution in [3.8, 4) is 0 Å². The number of rotatable bonds is 5. The summed E-state index contributed by atoms with van der Waals surface area (Å²) in [4.78, 5) is 0.271. The first-order valence-corrected chi connectivity index (χ1v) is 14.2. The van der Waals surface area contributed by atoms with Crippen molar-refractivity contribution in [2.24, 2.45) is 5.41 Å². The number of thioether (sulfide) groups is 1. The molecule has 1 aromatic carbocycles. The zero-order valence-corrected chi connectivity index (χ0v) is 19.4. The molecule has 0 amide bonds. The van der Waals surface area contributed by atoms with Crippen molar-refractivity contribution in [3.63, 3.8) is 0 Å². The second kappa shape index (κ2) is 9.47. The summed E-state index contributed by atoms with van der Waals surface area (Å²) >= 11 is 1.98. The van der Waals surface area contributed by atoms with Crippen LogP contribution in [0.4, 0.5) is 4.39 Å². The van der Waals surface area contributed by atoms with Crippen LogP contribution < -0.4 is 5.32 Å². The number of alkyl halides is 1. The van der Waals surface area contributed by atoms with Crippen molar-refractivity contribution in [2.45, 2.75) is 86.4 Å². The highest BCUT2D eigenvalue weighted by molar-refractivity contribution is 8.00. The van der Waals surface area contributed by atoms with Gasteiger partial charge in [-0.15, -0.1) is 0 Å². The van der Waals surface area contributed by atoms with Gasteiger partial charge in [0.1, 0.15) is 12.4 Å². The number of piperidine rings is 1. The Bertz CT molecular complexity index is 800. The number of halogens is 1. The molecule has 4 atom stereocenters. The van der Waals surface area contributed by atoms with E-state index in [9.17, 15) is 8.42 Å². The molecule has 2 heterocycles. The second-order valence-electron chi connectivity index (χ2n) is 9.33. The van der Waals surface area contributed by atoms with E-state index >= 15 is 4.39 Å². The Balaban J connectivity index is 1.56. The number of hydrogen-bond donors (Lipinski definition) is 1. The lowest BCUT2D eigenvalue weighted by Crippen LogP contribution is -2.54. The standard InChI is InChI=1S/C23H34FNO3S2/c1-30(26,27)19-10-8-17(9-11-19)21-22(24)23(12-4-2-3-5-13-23)15-20(25-21)28-16-18-7-6-14-29-18/h8-11,18,20-22,25H,2-7,12-16H2,1H3. The lowest BCUT2D eigenvalue weighted by Gasteiger charge is -2.48. The molecule has 0 radical (unpaired) electrons. The number of benzene rings is 1. The maximum atomic E-state index is 16.1. The zero-order chi connectivity index (χ0) is 21.2. The molecule has 4 nitrogen and oxygen atoms in total. The van der Waals surface area contributed by atoms with Gasteiger partial charge in [0.05, 0.1) is 17.5 Å². The van der Waals surface area contributed by atoms with Gasteiger partial charge in [-0.05, 0) is 55.6 Å². The van der Waals surface area contributed by atoms with Crippen molar-refractivity contribution in [1.29, 1.82) is 0 Å². The van der Waals surface area contributed by atoms with Gasteiger partial charge in [-0.3, -0.25) is 5.32 Å². The van der Waals surface area contributed by atoms with E-state index in [-0.39, 0.29) is 16.5 Å². The van der Waals surface area contributed by atoms with E-state index < -0.39 is 22.1 Å². The van der Waals surface area contributed by atoms with Crippen LogP contribution in [0.5, 0.6) is 0 Å². The first-order valence-electron chi connectivity index (χ1n) is 11.3. The lowest BCUT2D eigenvalue weighted by molar-refractivity contribution is -0.0917. The summed E-state index contributed by atoms with van der Waals surface area (Å²) in [6.07, 6.45) is 9.55. The Morgan fingerprint density at radius 2 is 1.83 bits per heavy atom. The third kappa shape index (κ3) is 5.05. The summed E-state index contributed by atoms with van der Waals surface area (Å²) in [5.74, 6) is 1.21. The highest BCUT2D eigenvalue weighted by atomic mass is 32.2. The molecule has 3 aliphatic rings. The third-order valence-corrected chi connectivity index (χ3v) is 9.61. The van der Waals surface area contributed by atoms with Crippen LogP contribution in [0.3, 0.4) is 0 Å². The van der Waals surface area contributed by atoms with Crippen LogP contribution in [-0.4, -0.2) is 44.7 Å². The van der Waals surface area contributed by atoms with Crippen molar-refractivity contribution < 1.29 is 17.5 Å². The predicted octanol–water partition coefficient (Wildman–Crippen LogP) is 5.04. The zero-order valence-electron chi connectivity index (χ0n) is 17.8. The fourth-order valence-electron chi connectivity index (χ4n) is 5.39. The first-order chi connectivity index (χ1) is 14.4. The normalized spacial score (nSPS) is 32.2. The molecular weight excluding hydrogens is 421 g/mol.